The van der Waals surface area contributed by atoms with Crippen molar-refractivity contribution >= 4 is 34.8 Å². The zero-order chi connectivity index (χ0) is 14.0. The highest BCUT2D eigenvalue weighted by Gasteiger charge is 2.16. The molecule has 2 rings (SSSR count). The minimum absolute atomic E-state index is 0.0214. The first-order chi connectivity index (χ1) is 8.97. The number of halogens is 1. The highest BCUT2D eigenvalue weighted by Crippen LogP contribution is 2.27. The number of amides is 1. The second-order valence-electron chi connectivity index (χ2n) is 3.42. The van der Waals surface area contributed by atoms with Crippen LogP contribution in [0.1, 0.15) is 10.6 Å². The molecule has 1 aromatic carbocycles. The highest BCUT2D eigenvalue weighted by atomic mass is 35.5. The second kappa shape index (κ2) is 4.90. The number of nitro groups is 1. The van der Waals surface area contributed by atoms with Crippen LogP contribution in [0, 0.1) is 10.1 Å². The molecule has 0 saturated carbocycles. The number of H-pyrrole nitrogens is 1. The van der Waals surface area contributed by atoms with E-state index >= 15 is 0 Å². The Labute approximate surface area is 110 Å². The molecule has 98 valence electrons. The lowest BCUT2D eigenvalue weighted by Gasteiger charge is -2.03. The van der Waals surface area contributed by atoms with E-state index in [-0.39, 0.29) is 28.2 Å². The maximum absolute atomic E-state index is 11.7. The molecule has 0 aliphatic rings. The van der Waals surface area contributed by atoms with E-state index in [1.165, 1.54) is 12.1 Å². The minimum atomic E-state index is -0.648. The number of carbonyl (C=O) groups excluding carboxylic acids is 1. The van der Waals surface area contributed by atoms with Gasteiger partial charge in [0, 0.05) is 11.8 Å². The van der Waals surface area contributed by atoms with Crippen molar-refractivity contribution in [3.8, 4) is 0 Å². The Morgan fingerprint density at radius 1 is 1.53 bits per heavy atom. The van der Waals surface area contributed by atoms with Crippen molar-refractivity contribution in [1.29, 1.82) is 0 Å². The number of aromatic amines is 1. The Hall–Kier alpha value is -2.68. The number of rotatable bonds is 3. The molecule has 0 unspecified atom stereocenters. The van der Waals surface area contributed by atoms with Gasteiger partial charge < -0.3 is 11.1 Å². The van der Waals surface area contributed by atoms with Crippen LogP contribution in [-0.4, -0.2) is 26.0 Å². The Morgan fingerprint density at radius 3 is 2.84 bits per heavy atom. The smallest absolute Gasteiger partial charge is 0.293 e. The van der Waals surface area contributed by atoms with E-state index in [0.29, 0.717) is 0 Å². The summed E-state index contributed by atoms with van der Waals surface area (Å²) in [5.41, 5.74) is 5.15. The number of nitrogens with zero attached hydrogens (tertiary/aromatic N) is 3. The Morgan fingerprint density at radius 2 is 2.26 bits per heavy atom. The second-order valence-corrected chi connectivity index (χ2v) is 3.83. The lowest BCUT2D eigenvalue weighted by atomic mass is 10.3. The lowest BCUT2D eigenvalue weighted by Crippen LogP contribution is -2.14. The monoisotopic (exact) mass is 282 g/mol. The van der Waals surface area contributed by atoms with Crippen molar-refractivity contribution in [1.82, 2.24) is 15.2 Å². The normalized spacial score (nSPS) is 10.2. The molecule has 0 spiro atoms. The lowest BCUT2D eigenvalue weighted by molar-refractivity contribution is -0.384. The first-order valence-electron chi connectivity index (χ1n) is 4.90. The first-order valence-corrected chi connectivity index (χ1v) is 5.28. The van der Waals surface area contributed by atoms with E-state index in [9.17, 15) is 14.9 Å². The van der Waals surface area contributed by atoms with Gasteiger partial charge in [0.1, 0.15) is 5.02 Å². The van der Waals surface area contributed by atoms with E-state index in [2.05, 4.69) is 20.5 Å². The van der Waals surface area contributed by atoms with Crippen molar-refractivity contribution in [3.05, 3.63) is 39.2 Å². The van der Waals surface area contributed by atoms with Gasteiger partial charge in [0.2, 0.25) is 11.8 Å². The SMILES string of the molecule is Nc1n[nH]c(C(=O)Nc2ccc(Cl)c([N+](=O)[O-])c2)n1. The number of anilines is 2. The third-order valence-electron chi connectivity index (χ3n) is 2.12. The predicted molar refractivity (Wildman–Crippen MR) is 66.9 cm³/mol. The van der Waals surface area contributed by atoms with Gasteiger partial charge in [-0.1, -0.05) is 11.6 Å². The van der Waals surface area contributed by atoms with Gasteiger partial charge in [-0.05, 0) is 12.1 Å². The van der Waals surface area contributed by atoms with Gasteiger partial charge in [-0.3, -0.25) is 20.0 Å². The van der Waals surface area contributed by atoms with E-state index in [1.54, 1.807) is 0 Å². The molecule has 10 heteroatoms. The number of nitrogens with two attached hydrogens (primary N) is 1. The molecule has 2 aromatic rings. The fraction of sp³-hybridized carbons (Fsp3) is 0. The van der Waals surface area contributed by atoms with Crippen molar-refractivity contribution < 1.29 is 9.72 Å². The van der Waals surface area contributed by atoms with Crippen molar-refractivity contribution in [2.45, 2.75) is 0 Å². The number of carbonyl (C=O) groups is 1. The molecular weight excluding hydrogens is 276 g/mol. The minimum Gasteiger partial charge on any atom is -0.366 e. The molecular formula is C9H7ClN6O3. The van der Waals surface area contributed by atoms with Gasteiger partial charge in [0.15, 0.2) is 0 Å². The molecule has 0 aliphatic carbocycles. The van der Waals surface area contributed by atoms with Crippen LogP contribution in [0.3, 0.4) is 0 Å². The third kappa shape index (κ3) is 2.77. The topological polar surface area (TPSA) is 140 Å². The summed E-state index contributed by atoms with van der Waals surface area (Å²) in [6.45, 7) is 0. The fourth-order valence-electron chi connectivity index (χ4n) is 1.30. The first kappa shape index (κ1) is 12.8. The molecule has 1 aromatic heterocycles. The number of nitrogen functional groups attached to an aromatic ring is 1. The predicted octanol–water partition coefficient (Wildman–Crippen LogP) is 1.20. The number of hydrogen-bond acceptors (Lipinski definition) is 6. The van der Waals surface area contributed by atoms with Crippen LogP contribution >= 0.6 is 11.6 Å². The van der Waals surface area contributed by atoms with Gasteiger partial charge in [0.25, 0.3) is 11.6 Å². The maximum atomic E-state index is 11.7. The molecule has 19 heavy (non-hydrogen) atoms. The zero-order valence-electron chi connectivity index (χ0n) is 9.25. The molecule has 4 N–H and O–H groups in total. The summed E-state index contributed by atoms with van der Waals surface area (Å²) in [7, 11) is 0. The van der Waals surface area contributed by atoms with Gasteiger partial charge in [-0.15, -0.1) is 5.10 Å². The summed E-state index contributed by atoms with van der Waals surface area (Å²) in [6.07, 6.45) is 0. The summed E-state index contributed by atoms with van der Waals surface area (Å²) in [4.78, 5) is 25.4. The van der Waals surface area contributed by atoms with Crippen molar-refractivity contribution in [2.24, 2.45) is 0 Å². The number of aromatic nitrogens is 3. The zero-order valence-corrected chi connectivity index (χ0v) is 10.0. The van der Waals surface area contributed by atoms with E-state index in [4.69, 9.17) is 17.3 Å². The van der Waals surface area contributed by atoms with E-state index in [0.717, 1.165) is 6.07 Å². The van der Waals surface area contributed by atoms with Crippen molar-refractivity contribution in [2.75, 3.05) is 11.1 Å². The number of hydrogen-bond donors (Lipinski definition) is 3. The van der Waals surface area contributed by atoms with E-state index in [1.807, 2.05) is 0 Å². The molecule has 0 bridgehead atoms. The summed E-state index contributed by atoms with van der Waals surface area (Å²) in [5.74, 6) is -0.803. The fourth-order valence-corrected chi connectivity index (χ4v) is 1.48. The quantitative estimate of drug-likeness (QED) is 0.571. The standard InChI is InChI=1S/C9H7ClN6O3/c10-5-2-1-4(3-6(5)16(18)19)12-8(17)7-13-9(11)15-14-7/h1-3H,(H,12,17)(H3,11,13,14,15). The molecule has 1 heterocycles. The Bertz CT molecular complexity index is 655. The molecule has 9 nitrogen and oxygen atoms in total. The number of benzene rings is 1. The molecule has 0 fully saturated rings. The van der Waals surface area contributed by atoms with Crippen LogP contribution in [0.5, 0.6) is 0 Å². The number of nitrogens with one attached hydrogen (secondary N) is 2. The molecule has 1 amide bonds. The van der Waals surface area contributed by atoms with Gasteiger partial charge in [-0.25, -0.2) is 0 Å². The summed E-state index contributed by atoms with van der Waals surface area (Å²) >= 11 is 5.65. The molecule has 0 aliphatic heterocycles. The average Bonchev–Trinajstić information content (AvgIpc) is 2.78. The largest absolute Gasteiger partial charge is 0.366 e. The summed E-state index contributed by atoms with van der Waals surface area (Å²) < 4.78 is 0. The Kier molecular flexibility index (Phi) is 3.29. The van der Waals surface area contributed by atoms with Crippen LogP contribution in [-0.2, 0) is 0 Å². The highest BCUT2D eigenvalue weighted by molar-refractivity contribution is 6.32. The maximum Gasteiger partial charge on any atom is 0.293 e. The molecule has 0 saturated heterocycles. The van der Waals surface area contributed by atoms with Gasteiger partial charge >= 0.3 is 0 Å². The third-order valence-corrected chi connectivity index (χ3v) is 2.44. The summed E-state index contributed by atoms with van der Waals surface area (Å²) in [5, 5.41) is 18.9. The number of nitro benzene ring substituents is 1. The molecule has 0 atom stereocenters. The van der Waals surface area contributed by atoms with Crippen LogP contribution in [0.4, 0.5) is 17.3 Å². The van der Waals surface area contributed by atoms with Crippen LogP contribution < -0.4 is 11.1 Å². The summed E-state index contributed by atoms with van der Waals surface area (Å²) in [6, 6.07) is 3.87. The van der Waals surface area contributed by atoms with E-state index < -0.39 is 10.8 Å². The average molecular weight is 283 g/mol. The van der Waals surface area contributed by atoms with Crippen LogP contribution in [0.2, 0.25) is 5.02 Å². The Balaban J connectivity index is 2.22. The van der Waals surface area contributed by atoms with Gasteiger partial charge in [0.05, 0.1) is 4.92 Å². The molecule has 0 radical (unpaired) electrons. The van der Waals surface area contributed by atoms with Crippen LogP contribution in [0.25, 0.3) is 0 Å². The van der Waals surface area contributed by atoms with Crippen molar-refractivity contribution in [3.63, 3.8) is 0 Å². The van der Waals surface area contributed by atoms with Gasteiger partial charge in [-0.2, -0.15) is 4.98 Å². The van der Waals surface area contributed by atoms with Crippen LogP contribution in [0.15, 0.2) is 18.2 Å².